The van der Waals surface area contributed by atoms with Crippen LogP contribution in [0.1, 0.15) is 25.7 Å². The predicted molar refractivity (Wildman–Crippen MR) is 103 cm³/mol. The number of thiocarbonyl (C=S) groups is 1. The highest BCUT2D eigenvalue weighted by atomic mass is 32.1. The Kier molecular flexibility index (Phi) is 7.42. The second kappa shape index (κ2) is 9.57. The summed E-state index contributed by atoms with van der Waals surface area (Å²) in [4.78, 5) is 3.92. The largest absolute Gasteiger partial charge is 0.314 e. The maximum absolute atomic E-state index is 13.7. The van der Waals surface area contributed by atoms with E-state index >= 15 is 0 Å². The average Bonchev–Trinajstić information content (AvgIpc) is 2.62. The lowest BCUT2D eigenvalue weighted by molar-refractivity contribution is 0.582. The van der Waals surface area contributed by atoms with E-state index in [0.29, 0.717) is 0 Å². The molecule has 0 amide bonds. The third kappa shape index (κ3) is 5.25. The van der Waals surface area contributed by atoms with Crippen molar-refractivity contribution in [2.45, 2.75) is 25.7 Å². The lowest BCUT2D eigenvalue weighted by Gasteiger charge is -2.19. The van der Waals surface area contributed by atoms with Gasteiger partial charge in [0, 0.05) is 23.3 Å². The van der Waals surface area contributed by atoms with Crippen LogP contribution in [0.3, 0.4) is 0 Å². The molecule has 0 bridgehead atoms. The first-order valence-electron chi connectivity index (χ1n) is 8.01. The van der Waals surface area contributed by atoms with E-state index in [1.54, 1.807) is 0 Å². The molecule has 0 radical (unpaired) electrons. The number of hydrogen-bond donors (Lipinski definition) is 0. The van der Waals surface area contributed by atoms with Crippen LogP contribution in [-0.4, -0.2) is 17.9 Å². The molecule has 0 aliphatic heterocycles. The summed E-state index contributed by atoms with van der Waals surface area (Å²) in [6.07, 6.45) is 4.85. The first-order valence-corrected chi connectivity index (χ1v) is 10.3. The van der Waals surface area contributed by atoms with Crippen molar-refractivity contribution in [2.24, 2.45) is 4.99 Å². The number of nitrogens with zero attached hydrogens (tertiary/aromatic N) is 1. The first kappa shape index (κ1) is 17.8. The number of benzene rings is 2. The van der Waals surface area contributed by atoms with Crippen molar-refractivity contribution in [1.29, 1.82) is 0 Å². The SMILES string of the molecule is O=P(CCCCCCN=C=S)(c1ccccc1)c1ccccc1. The zero-order valence-corrected chi connectivity index (χ0v) is 14.9. The lowest BCUT2D eigenvalue weighted by atomic mass is 10.2. The van der Waals surface area contributed by atoms with Gasteiger partial charge < -0.3 is 4.57 Å². The summed E-state index contributed by atoms with van der Waals surface area (Å²) in [6.45, 7) is 0.749. The fourth-order valence-electron chi connectivity index (χ4n) is 2.67. The molecule has 4 heteroatoms. The molecule has 0 fully saturated rings. The van der Waals surface area contributed by atoms with Crippen LogP contribution in [-0.2, 0) is 4.57 Å². The van der Waals surface area contributed by atoms with E-state index in [1.807, 2.05) is 60.7 Å². The fourth-order valence-corrected chi connectivity index (χ4v) is 5.55. The van der Waals surface area contributed by atoms with Gasteiger partial charge in [0.1, 0.15) is 7.14 Å². The van der Waals surface area contributed by atoms with Crippen molar-refractivity contribution < 1.29 is 4.57 Å². The van der Waals surface area contributed by atoms with Gasteiger partial charge in [-0.15, -0.1) is 0 Å². The van der Waals surface area contributed by atoms with Gasteiger partial charge in [-0.1, -0.05) is 73.5 Å². The second-order valence-corrected chi connectivity index (χ2v) is 8.66. The second-order valence-electron chi connectivity index (χ2n) is 5.52. The molecule has 0 unspecified atom stereocenters. The molecule has 2 rings (SSSR count). The van der Waals surface area contributed by atoms with Crippen LogP contribution in [0.2, 0.25) is 0 Å². The van der Waals surface area contributed by atoms with Crippen LogP contribution in [0.4, 0.5) is 0 Å². The van der Waals surface area contributed by atoms with Crippen molar-refractivity contribution in [3.8, 4) is 0 Å². The molecule has 0 heterocycles. The molecule has 0 spiro atoms. The molecule has 23 heavy (non-hydrogen) atoms. The van der Waals surface area contributed by atoms with Crippen LogP contribution >= 0.6 is 19.4 Å². The van der Waals surface area contributed by atoms with Crippen molar-refractivity contribution in [3.05, 3.63) is 60.7 Å². The van der Waals surface area contributed by atoms with Crippen LogP contribution in [0, 0.1) is 0 Å². The van der Waals surface area contributed by atoms with Gasteiger partial charge in [0.15, 0.2) is 0 Å². The minimum Gasteiger partial charge on any atom is -0.314 e. The third-order valence-corrected chi connectivity index (χ3v) is 7.24. The highest BCUT2D eigenvalue weighted by Crippen LogP contribution is 2.44. The standard InChI is InChI=1S/C19H22NOPS/c21-22(18-11-5-3-6-12-18,19-13-7-4-8-14-19)16-10-2-1-9-15-20-17-23/h3-8,11-14H,1-2,9-10,15-16H2. The van der Waals surface area contributed by atoms with E-state index < -0.39 is 7.14 Å². The number of hydrogen-bond acceptors (Lipinski definition) is 3. The molecular weight excluding hydrogens is 321 g/mol. The van der Waals surface area contributed by atoms with Crippen molar-refractivity contribution >= 4 is 35.1 Å². The molecule has 0 N–H and O–H groups in total. The van der Waals surface area contributed by atoms with Crippen LogP contribution in [0.15, 0.2) is 65.7 Å². The topological polar surface area (TPSA) is 29.4 Å². The summed E-state index contributed by atoms with van der Waals surface area (Å²) < 4.78 is 13.7. The summed E-state index contributed by atoms with van der Waals surface area (Å²) in [6, 6.07) is 19.8. The zero-order chi connectivity index (χ0) is 16.4. The van der Waals surface area contributed by atoms with E-state index in [9.17, 15) is 4.57 Å². The molecule has 120 valence electrons. The number of isothiocyanates is 1. The summed E-state index contributed by atoms with van der Waals surface area (Å²) in [5.74, 6) is 0. The first-order chi connectivity index (χ1) is 11.3. The minimum atomic E-state index is -2.54. The van der Waals surface area contributed by atoms with Crippen LogP contribution in [0.5, 0.6) is 0 Å². The Morgan fingerprint density at radius 1 is 0.826 bits per heavy atom. The summed E-state index contributed by atoms with van der Waals surface area (Å²) >= 11 is 4.56. The normalized spacial score (nSPS) is 11.0. The molecule has 0 aromatic heterocycles. The Labute approximate surface area is 144 Å². The van der Waals surface area contributed by atoms with Gasteiger partial charge in [0.2, 0.25) is 0 Å². The predicted octanol–water partition coefficient (Wildman–Crippen LogP) is 4.66. The number of rotatable bonds is 9. The Bertz CT molecular complexity index is 638. The van der Waals surface area contributed by atoms with E-state index in [-0.39, 0.29) is 0 Å². The minimum absolute atomic E-state index is 0.720. The molecule has 2 aromatic carbocycles. The van der Waals surface area contributed by atoms with Gasteiger partial charge in [-0.25, -0.2) is 4.99 Å². The van der Waals surface area contributed by atoms with Gasteiger partial charge in [0.05, 0.1) is 5.16 Å². The van der Waals surface area contributed by atoms with Crippen LogP contribution < -0.4 is 10.6 Å². The Hall–Kier alpha value is -1.53. The number of unbranched alkanes of at least 4 members (excludes halogenated alkanes) is 3. The van der Waals surface area contributed by atoms with Crippen molar-refractivity contribution in [1.82, 2.24) is 0 Å². The van der Waals surface area contributed by atoms with Gasteiger partial charge >= 0.3 is 0 Å². The Morgan fingerprint density at radius 3 is 1.87 bits per heavy atom. The van der Waals surface area contributed by atoms with Gasteiger partial charge in [-0.2, -0.15) is 0 Å². The number of aliphatic imine (C=N–C) groups is 1. The third-order valence-electron chi connectivity index (χ3n) is 3.90. The Morgan fingerprint density at radius 2 is 1.35 bits per heavy atom. The molecule has 0 aliphatic rings. The summed E-state index contributed by atoms with van der Waals surface area (Å²) in [5.41, 5.74) is 0. The maximum atomic E-state index is 13.7. The molecular formula is C19H22NOPS. The molecule has 0 saturated carbocycles. The maximum Gasteiger partial charge on any atom is 0.143 e. The monoisotopic (exact) mass is 343 g/mol. The molecule has 2 aromatic rings. The fraction of sp³-hybridized carbons (Fsp3) is 0.316. The Balaban J connectivity index is 2.04. The highest BCUT2D eigenvalue weighted by Gasteiger charge is 2.26. The quantitative estimate of drug-likeness (QED) is 0.287. The van der Waals surface area contributed by atoms with Gasteiger partial charge in [0.25, 0.3) is 0 Å². The molecule has 0 aliphatic carbocycles. The summed E-state index contributed by atoms with van der Waals surface area (Å²) in [5, 5.41) is 4.30. The van der Waals surface area contributed by atoms with E-state index in [2.05, 4.69) is 22.4 Å². The molecule has 2 nitrogen and oxygen atoms in total. The molecule has 0 atom stereocenters. The average molecular weight is 343 g/mol. The zero-order valence-electron chi connectivity index (χ0n) is 13.2. The van der Waals surface area contributed by atoms with E-state index in [0.717, 1.165) is 49.0 Å². The van der Waals surface area contributed by atoms with Gasteiger partial charge in [-0.05, 0) is 25.1 Å². The smallest absolute Gasteiger partial charge is 0.143 e. The van der Waals surface area contributed by atoms with Crippen molar-refractivity contribution in [3.63, 3.8) is 0 Å². The lowest BCUT2D eigenvalue weighted by Crippen LogP contribution is -2.18. The summed E-state index contributed by atoms with van der Waals surface area (Å²) in [7, 11) is -2.54. The molecule has 0 saturated heterocycles. The highest BCUT2D eigenvalue weighted by molar-refractivity contribution is 7.78. The van der Waals surface area contributed by atoms with Gasteiger partial charge in [-0.3, -0.25) is 0 Å². The van der Waals surface area contributed by atoms with E-state index in [1.165, 1.54) is 0 Å². The van der Waals surface area contributed by atoms with E-state index in [4.69, 9.17) is 0 Å². The van der Waals surface area contributed by atoms with Crippen molar-refractivity contribution in [2.75, 3.05) is 12.7 Å². The van der Waals surface area contributed by atoms with Crippen LogP contribution in [0.25, 0.3) is 0 Å².